The highest BCUT2D eigenvalue weighted by Gasteiger charge is 2.31. The Balaban J connectivity index is 4.62. The molecule has 0 heterocycles. The third kappa shape index (κ3) is 12.3. The minimum Gasteiger partial charge on any atom is -0.469 e. The number of rotatable bonds is 16. The van der Waals surface area contributed by atoms with Crippen LogP contribution in [0.5, 0.6) is 0 Å². The van der Waals surface area contributed by atoms with E-state index >= 15 is 0 Å². The SMILES string of the molecule is CCCCCCCCNC(=O)C(CC(=O)OC)SP(=S)(OCC)OCC. The summed E-state index contributed by atoms with van der Waals surface area (Å²) >= 11 is 6.61. The molecule has 1 atom stereocenters. The normalized spacial score (nSPS) is 12.6. The maximum atomic E-state index is 12.5. The van der Waals surface area contributed by atoms with E-state index in [0.29, 0.717) is 19.8 Å². The van der Waals surface area contributed by atoms with Gasteiger partial charge in [0.15, 0.2) is 0 Å². The van der Waals surface area contributed by atoms with Crippen LogP contribution in [0.2, 0.25) is 0 Å². The first-order valence-corrected chi connectivity index (χ1v) is 13.5. The van der Waals surface area contributed by atoms with Gasteiger partial charge in [-0.1, -0.05) is 50.4 Å². The quantitative estimate of drug-likeness (QED) is 0.222. The maximum absolute atomic E-state index is 12.5. The van der Waals surface area contributed by atoms with E-state index in [2.05, 4.69) is 12.2 Å². The van der Waals surface area contributed by atoms with E-state index < -0.39 is 16.9 Å². The van der Waals surface area contributed by atoms with Crippen LogP contribution in [-0.2, 0) is 35.2 Å². The highest BCUT2D eigenvalue weighted by molar-refractivity contribution is 8.68. The zero-order valence-electron chi connectivity index (χ0n) is 16.5. The molecule has 1 N–H and O–H groups in total. The Morgan fingerprint density at radius 3 is 2.15 bits per heavy atom. The second-order valence-electron chi connectivity index (χ2n) is 5.72. The largest absolute Gasteiger partial charge is 0.469 e. The topological polar surface area (TPSA) is 73.9 Å². The van der Waals surface area contributed by atoms with E-state index in [1.807, 2.05) is 13.8 Å². The number of nitrogens with one attached hydrogen (secondary N) is 1. The van der Waals surface area contributed by atoms with Crippen LogP contribution in [-0.4, -0.2) is 44.0 Å². The van der Waals surface area contributed by atoms with Gasteiger partial charge in [-0.2, -0.15) is 0 Å². The fourth-order valence-electron chi connectivity index (χ4n) is 2.21. The third-order valence-corrected chi connectivity index (χ3v) is 9.15. The summed E-state index contributed by atoms with van der Waals surface area (Å²) in [5.41, 5.74) is -2.67. The molecule has 26 heavy (non-hydrogen) atoms. The lowest BCUT2D eigenvalue weighted by atomic mass is 10.1. The van der Waals surface area contributed by atoms with E-state index in [1.165, 1.54) is 32.8 Å². The molecule has 0 aliphatic heterocycles. The number of methoxy groups -OCH3 is 1. The number of amides is 1. The van der Waals surface area contributed by atoms with E-state index in [9.17, 15) is 9.59 Å². The van der Waals surface area contributed by atoms with Gasteiger partial charge in [0.05, 0.1) is 26.7 Å². The van der Waals surface area contributed by atoms with Gasteiger partial charge in [-0.25, -0.2) is 0 Å². The molecular weight excluding hydrogens is 393 g/mol. The molecule has 0 bridgehead atoms. The first-order valence-electron chi connectivity index (χ1n) is 9.34. The Morgan fingerprint density at radius 1 is 1.04 bits per heavy atom. The van der Waals surface area contributed by atoms with Crippen molar-refractivity contribution < 1.29 is 23.4 Å². The van der Waals surface area contributed by atoms with Crippen molar-refractivity contribution in [3.8, 4) is 0 Å². The summed E-state index contributed by atoms with van der Waals surface area (Å²) in [6, 6.07) is 0. The molecule has 0 saturated carbocycles. The van der Waals surface area contributed by atoms with Crippen LogP contribution in [0.1, 0.15) is 65.7 Å². The first-order chi connectivity index (χ1) is 12.4. The molecule has 0 aliphatic carbocycles. The molecule has 0 fully saturated rings. The van der Waals surface area contributed by atoms with Crippen molar-refractivity contribution in [2.45, 2.75) is 71.0 Å². The Hall–Kier alpha value is -0.140. The van der Waals surface area contributed by atoms with Crippen LogP contribution < -0.4 is 5.32 Å². The van der Waals surface area contributed by atoms with E-state index in [-0.39, 0.29) is 12.3 Å². The van der Waals surface area contributed by atoms with Gasteiger partial charge in [0, 0.05) is 6.54 Å². The molecule has 0 aromatic heterocycles. The molecule has 0 aromatic rings. The van der Waals surface area contributed by atoms with Crippen molar-refractivity contribution in [1.29, 1.82) is 0 Å². The standard InChI is InChI=1S/C17H34NO5PS2/c1-5-8-9-10-11-12-13-18-17(20)15(14-16(19)21-4)26-24(25,22-6-2)23-7-3/h15H,5-14H2,1-4H3,(H,18,20). The van der Waals surface area contributed by atoms with E-state index in [4.69, 9.17) is 25.6 Å². The summed E-state index contributed by atoms with van der Waals surface area (Å²) in [6.07, 6.45) is 6.85. The summed E-state index contributed by atoms with van der Waals surface area (Å²) in [5, 5.41) is 2.23. The zero-order chi connectivity index (χ0) is 19.8. The number of carbonyl (C=O) groups excluding carboxylic acids is 2. The van der Waals surface area contributed by atoms with Gasteiger partial charge in [0.25, 0.3) is 0 Å². The van der Waals surface area contributed by atoms with Gasteiger partial charge in [-0.3, -0.25) is 9.59 Å². The molecule has 6 nitrogen and oxygen atoms in total. The predicted octanol–water partition coefficient (Wildman–Crippen LogP) is 4.43. The van der Waals surface area contributed by atoms with Gasteiger partial charge in [0.1, 0.15) is 5.25 Å². The maximum Gasteiger partial charge on any atom is 0.307 e. The molecule has 0 radical (unpaired) electrons. The second-order valence-corrected chi connectivity index (χ2v) is 12.1. The van der Waals surface area contributed by atoms with Crippen LogP contribution in [0.3, 0.4) is 0 Å². The Bertz CT molecular complexity index is 441. The fourth-order valence-corrected chi connectivity index (χ4v) is 7.75. The molecule has 0 aliphatic rings. The van der Waals surface area contributed by atoms with Crippen LogP contribution in [0.15, 0.2) is 0 Å². The smallest absolute Gasteiger partial charge is 0.307 e. The number of carbonyl (C=O) groups is 2. The average Bonchev–Trinajstić information content (AvgIpc) is 2.60. The molecule has 1 unspecified atom stereocenters. The lowest BCUT2D eigenvalue weighted by Gasteiger charge is -2.24. The monoisotopic (exact) mass is 427 g/mol. The summed E-state index contributed by atoms with van der Waals surface area (Å²) in [6.45, 7) is 7.23. The summed E-state index contributed by atoms with van der Waals surface area (Å²) in [4.78, 5) is 24.2. The average molecular weight is 428 g/mol. The highest BCUT2D eigenvalue weighted by Crippen LogP contribution is 2.63. The molecule has 154 valence electrons. The van der Waals surface area contributed by atoms with E-state index in [1.54, 1.807) is 0 Å². The number of unbranched alkanes of at least 4 members (excludes halogenated alkanes) is 5. The van der Waals surface area contributed by atoms with Crippen molar-refractivity contribution in [1.82, 2.24) is 5.32 Å². The van der Waals surface area contributed by atoms with E-state index in [0.717, 1.165) is 24.2 Å². The zero-order valence-corrected chi connectivity index (χ0v) is 19.0. The highest BCUT2D eigenvalue weighted by atomic mass is 32.9. The molecular formula is C17H34NO5PS2. The first kappa shape index (κ1) is 25.9. The molecule has 0 spiro atoms. The second kappa shape index (κ2) is 15.9. The fraction of sp³-hybridized carbons (Fsp3) is 0.882. The minimum atomic E-state index is -2.67. The number of hydrogen-bond acceptors (Lipinski definition) is 7. The van der Waals surface area contributed by atoms with Crippen molar-refractivity contribution in [2.75, 3.05) is 26.9 Å². The van der Waals surface area contributed by atoms with Crippen LogP contribution in [0, 0.1) is 0 Å². The summed E-state index contributed by atoms with van der Waals surface area (Å²) in [7, 11) is 1.31. The van der Waals surface area contributed by atoms with Crippen LogP contribution in [0.25, 0.3) is 0 Å². The lowest BCUT2D eigenvalue weighted by molar-refractivity contribution is -0.141. The number of ether oxygens (including phenoxy) is 1. The predicted molar refractivity (Wildman–Crippen MR) is 112 cm³/mol. The van der Waals surface area contributed by atoms with Gasteiger partial charge < -0.3 is 19.1 Å². The molecule has 0 saturated heterocycles. The molecule has 1 amide bonds. The molecule has 0 rings (SSSR count). The number of esters is 1. The van der Waals surface area contributed by atoms with Crippen molar-refractivity contribution >= 4 is 40.8 Å². The minimum absolute atomic E-state index is 0.0535. The Kier molecular flexibility index (Phi) is 15.8. The number of hydrogen-bond donors (Lipinski definition) is 1. The Morgan fingerprint density at radius 2 is 1.62 bits per heavy atom. The molecule has 9 heteroatoms. The van der Waals surface area contributed by atoms with Gasteiger partial charge in [-0.15, -0.1) is 0 Å². The molecule has 0 aromatic carbocycles. The van der Waals surface area contributed by atoms with Gasteiger partial charge >= 0.3 is 5.97 Å². The van der Waals surface area contributed by atoms with Crippen molar-refractivity contribution in [2.24, 2.45) is 0 Å². The lowest BCUT2D eigenvalue weighted by Crippen LogP contribution is -2.35. The van der Waals surface area contributed by atoms with Crippen LogP contribution in [0.4, 0.5) is 0 Å². The van der Waals surface area contributed by atoms with Gasteiger partial charge in [0.2, 0.25) is 11.6 Å². The summed E-state index contributed by atoms with van der Waals surface area (Å²) < 4.78 is 15.9. The summed E-state index contributed by atoms with van der Waals surface area (Å²) in [5.74, 6) is -0.672. The van der Waals surface area contributed by atoms with Crippen LogP contribution >= 0.6 is 17.1 Å². The third-order valence-electron chi connectivity index (χ3n) is 3.53. The van der Waals surface area contributed by atoms with Gasteiger partial charge in [-0.05, 0) is 32.1 Å². The van der Waals surface area contributed by atoms with Crippen molar-refractivity contribution in [3.05, 3.63) is 0 Å². The Labute approximate surface area is 167 Å². The van der Waals surface area contributed by atoms with Crippen molar-refractivity contribution in [3.63, 3.8) is 0 Å².